The highest BCUT2D eigenvalue weighted by molar-refractivity contribution is 7.90. The van der Waals surface area contributed by atoms with Crippen LogP contribution in [0.2, 0.25) is 5.02 Å². The molecule has 94 valence electrons. The zero-order valence-corrected chi connectivity index (χ0v) is 10.7. The van der Waals surface area contributed by atoms with Crippen molar-refractivity contribution in [2.75, 3.05) is 13.4 Å². The van der Waals surface area contributed by atoms with Crippen LogP contribution < -0.4 is 0 Å². The minimum absolute atomic E-state index is 0.00133. The molecule has 1 N–H and O–H groups in total. The van der Waals surface area contributed by atoms with E-state index in [9.17, 15) is 18.3 Å². The lowest BCUT2D eigenvalue weighted by molar-refractivity contribution is -0.150. The molecule has 0 heterocycles. The van der Waals surface area contributed by atoms with Crippen LogP contribution in [0, 0.1) is 0 Å². The predicted octanol–water partition coefficient (Wildman–Crippen LogP) is 0.950. The number of carbonyl (C=O) groups is 1. The van der Waals surface area contributed by atoms with Gasteiger partial charge in [0.05, 0.1) is 12.0 Å². The quantitative estimate of drug-likeness (QED) is 0.833. The summed E-state index contributed by atoms with van der Waals surface area (Å²) in [6, 6.07) is 3.75. The summed E-state index contributed by atoms with van der Waals surface area (Å²) < 4.78 is 27.0. The van der Waals surface area contributed by atoms with Crippen LogP contribution in [-0.2, 0) is 19.4 Å². The number of hydrogen-bond donors (Lipinski definition) is 1. The molecule has 0 radical (unpaired) electrons. The van der Waals surface area contributed by atoms with E-state index >= 15 is 0 Å². The molecule has 0 spiro atoms. The van der Waals surface area contributed by atoms with Gasteiger partial charge in [0.2, 0.25) is 0 Å². The van der Waals surface area contributed by atoms with Crippen LogP contribution in [0.25, 0.3) is 0 Å². The summed E-state index contributed by atoms with van der Waals surface area (Å²) >= 11 is 5.78. The summed E-state index contributed by atoms with van der Waals surface area (Å²) in [5.74, 6) is -0.905. The molecule has 0 amide bonds. The Morgan fingerprint density at radius 2 is 2.06 bits per heavy atom. The minimum Gasteiger partial charge on any atom is -0.467 e. The number of carbonyl (C=O) groups excluding carboxylic acids is 1. The molecule has 0 saturated heterocycles. The average molecular weight is 279 g/mol. The van der Waals surface area contributed by atoms with E-state index in [4.69, 9.17) is 11.6 Å². The Bertz CT molecular complexity index is 538. The van der Waals surface area contributed by atoms with Crippen LogP contribution in [-0.4, -0.2) is 32.9 Å². The molecular weight excluding hydrogens is 268 g/mol. The van der Waals surface area contributed by atoms with E-state index in [0.717, 1.165) is 19.4 Å². The van der Waals surface area contributed by atoms with Gasteiger partial charge in [0.1, 0.15) is 0 Å². The number of esters is 1. The first-order valence-corrected chi connectivity index (χ1v) is 6.79. The molecule has 1 atom stereocenters. The number of ether oxygens (including phenoxy) is 1. The summed E-state index contributed by atoms with van der Waals surface area (Å²) in [4.78, 5) is 11.1. The third-order valence-corrected chi connectivity index (χ3v) is 3.57. The van der Waals surface area contributed by atoms with Crippen molar-refractivity contribution in [3.63, 3.8) is 0 Å². The predicted molar refractivity (Wildman–Crippen MR) is 61.5 cm³/mol. The molecule has 0 fully saturated rings. The zero-order valence-electron chi connectivity index (χ0n) is 9.18. The summed E-state index contributed by atoms with van der Waals surface area (Å²) in [6.45, 7) is 0. The first-order chi connectivity index (χ1) is 7.77. The number of hydrogen-bond acceptors (Lipinski definition) is 5. The van der Waals surface area contributed by atoms with E-state index in [1.165, 1.54) is 12.1 Å². The highest BCUT2D eigenvalue weighted by Crippen LogP contribution is 2.26. The second-order valence-electron chi connectivity index (χ2n) is 3.38. The van der Waals surface area contributed by atoms with E-state index in [0.29, 0.717) is 0 Å². The monoisotopic (exact) mass is 278 g/mol. The number of halogens is 1. The molecule has 0 saturated carbocycles. The number of rotatable bonds is 3. The minimum atomic E-state index is -3.43. The molecule has 1 unspecified atom stereocenters. The summed E-state index contributed by atoms with van der Waals surface area (Å²) in [5.41, 5.74) is 0.00133. The van der Waals surface area contributed by atoms with Crippen LogP contribution in [0.4, 0.5) is 0 Å². The lowest BCUT2D eigenvalue weighted by Gasteiger charge is -2.11. The summed E-state index contributed by atoms with van der Waals surface area (Å²) in [6.07, 6.45) is -0.584. The van der Waals surface area contributed by atoms with Crippen LogP contribution in [0.1, 0.15) is 11.7 Å². The van der Waals surface area contributed by atoms with Gasteiger partial charge in [0.15, 0.2) is 15.9 Å². The fourth-order valence-corrected chi connectivity index (χ4v) is 2.08. The van der Waals surface area contributed by atoms with Crippen LogP contribution in [0.5, 0.6) is 0 Å². The Hall–Kier alpha value is -1.11. The maximum atomic E-state index is 11.3. The number of methoxy groups -OCH3 is 1. The number of aliphatic hydroxyl groups excluding tert-OH is 1. The van der Waals surface area contributed by atoms with Gasteiger partial charge in [-0.05, 0) is 18.2 Å². The van der Waals surface area contributed by atoms with Gasteiger partial charge in [-0.3, -0.25) is 0 Å². The van der Waals surface area contributed by atoms with Gasteiger partial charge in [0, 0.05) is 16.8 Å². The topological polar surface area (TPSA) is 80.7 Å². The van der Waals surface area contributed by atoms with Crippen molar-refractivity contribution in [3.8, 4) is 0 Å². The van der Waals surface area contributed by atoms with Crippen molar-refractivity contribution in [2.24, 2.45) is 0 Å². The van der Waals surface area contributed by atoms with Crippen molar-refractivity contribution in [1.82, 2.24) is 0 Å². The lowest BCUT2D eigenvalue weighted by Crippen LogP contribution is -2.14. The third-order valence-electron chi connectivity index (χ3n) is 2.11. The van der Waals surface area contributed by atoms with Crippen LogP contribution in [0.15, 0.2) is 23.1 Å². The van der Waals surface area contributed by atoms with E-state index in [2.05, 4.69) is 4.74 Å². The average Bonchev–Trinajstić information content (AvgIpc) is 2.26. The Kier molecular flexibility index (Phi) is 4.13. The van der Waals surface area contributed by atoms with Gasteiger partial charge >= 0.3 is 5.97 Å². The molecule has 0 bridgehead atoms. The number of benzene rings is 1. The van der Waals surface area contributed by atoms with Crippen molar-refractivity contribution < 1.29 is 23.1 Å². The zero-order chi connectivity index (χ0) is 13.2. The fourth-order valence-electron chi connectivity index (χ4n) is 1.20. The smallest absolute Gasteiger partial charge is 0.339 e. The van der Waals surface area contributed by atoms with E-state index in [-0.39, 0.29) is 15.5 Å². The highest BCUT2D eigenvalue weighted by Gasteiger charge is 2.22. The molecule has 1 aromatic rings. The summed E-state index contributed by atoms with van der Waals surface area (Å²) in [5, 5.41) is 9.70. The largest absolute Gasteiger partial charge is 0.467 e. The Morgan fingerprint density at radius 3 is 2.53 bits per heavy atom. The van der Waals surface area contributed by atoms with Gasteiger partial charge in [-0.25, -0.2) is 13.2 Å². The maximum absolute atomic E-state index is 11.3. The number of sulfone groups is 1. The molecule has 1 rings (SSSR count). The molecule has 7 heteroatoms. The normalized spacial score (nSPS) is 13.2. The Labute approximate surface area is 104 Å². The second kappa shape index (κ2) is 5.03. The molecule has 1 aromatic carbocycles. The molecular formula is C10H11ClO5S. The first-order valence-electron chi connectivity index (χ1n) is 4.52. The van der Waals surface area contributed by atoms with Crippen molar-refractivity contribution in [2.45, 2.75) is 11.0 Å². The maximum Gasteiger partial charge on any atom is 0.339 e. The first kappa shape index (κ1) is 14.0. The molecule has 0 aliphatic heterocycles. The third kappa shape index (κ3) is 3.18. The number of aliphatic hydroxyl groups is 1. The van der Waals surface area contributed by atoms with Gasteiger partial charge in [-0.15, -0.1) is 0 Å². The molecule has 0 aromatic heterocycles. The lowest BCUT2D eigenvalue weighted by atomic mass is 10.1. The van der Waals surface area contributed by atoms with E-state index in [1.807, 2.05) is 0 Å². The molecule has 0 aliphatic rings. The van der Waals surface area contributed by atoms with Crippen molar-refractivity contribution in [1.29, 1.82) is 0 Å². The van der Waals surface area contributed by atoms with E-state index < -0.39 is 21.9 Å². The summed E-state index contributed by atoms with van der Waals surface area (Å²) in [7, 11) is -2.32. The Morgan fingerprint density at radius 1 is 1.47 bits per heavy atom. The van der Waals surface area contributed by atoms with Gasteiger partial charge < -0.3 is 9.84 Å². The van der Waals surface area contributed by atoms with Crippen molar-refractivity contribution in [3.05, 3.63) is 28.8 Å². The molecule has 0 aliphatic carbocycles. The van der Waals surface area contributed by atoms with Gasteiger partial charge in [-0.2, -0.15) is 0 Å². The Balaban J connectivity index is 3.29. The fraction of sp³-hybridized carbons (Fsp3) is 0.300. The second-order valence-corrected chi connectivity index (χ2v) is 5.80. The molecule has 5 nitrogen and oxygen atoms in total. The van der Waals surface area contributed by atoms with Crippen LogP contribution in [0.3, 0.4) is 0 Å². The molecule has 17 heavy (non-hydrogen) atoms. The van der Waals surface area contributed by atoms with E-state index in [1.54, 1.807) is 0 Å². The van der Waals surface area contributed by atoms with Gasteiger partial charge in [0.25, 0.3) is 0 Å². The van der Waals surface area contributed by atoms with Crippen molar-refractivity contribution >= 4 is 27.4 Å². The highest BCUT2D eigenvalue weighted by atomic mass is 35.5. The van der Waals surface area contributed by atoms with Crippen LogP contribution >= 0.6 is 11.6 Å². The van der Waals surface area contributed by atoms with Gasteiger partial charge in [-0.1, -0.05) is 11.6 Å². The standard InChI is InChI=1S/C10H11ClO5S/c1-16-10(13)9(12)7-5-6(17(2,14)15)3-4-8(7)11/h3-5,9,12H,1-2H3. The SMILES string of the molecule is COC(=O)C(O)c1cc(S(C)(=O)=O)ccc1Cl.